The molecule has 0 radical (unpaired) electrons. The molecule has 0 saturated heterocycles. The third-order valence-electron chi connectivity index (χ3n) is 12.6. The van der Waals surface area contributed by atoms with Gasteiger partial charge in [0.05, 0.1) is 0 Å². The van der Waals surface area contributed by atoms with Crippen LogP contribution in [0.1, 0.15) is 43.6 Å². The first-order chi connectivity index (χ1) is 28.3. The van der Waals surface area contributed by atoms with Gasteiger partial charge in [-0.3, -0.25) is 0 Å². The Kier molecular flexibility index (Phi) is 8.39. The molecule has 3 aliphatic rings. The molecule has 2 aliphatic heterocycles. The highest BCUT2D eigenvalue weighted by Crippen LogP contribution is 2.48. The minimum atomic E-state index is 0.0647. The van der Waals surface area contributed by atoms with Crippen LogP contribution in [0.15, 0.2) is 194 Å². The van der Waals surface area contributed by atoms with E-state index >= 15 is 0 Å². The topological polar surface area (TPSA) is 6.48 Å². The Morgan fingerprint density at radius 1 is 0.351 bits per heavy atom. The van der Waals surface area contributed by atoms with Gasteiger partial charge in [-0.1, -0.05) is 165 Å². The summed E-state index contributed by atoms with van der Waals surface area (Å²) in [6.07, 6.45) is 6.39. The van der Waals surface area contributed by atoms with E-state index in [1.54, 1.807) is 0 Å². The van der Waals surface area contributed by atoms with E-state index in [-0.39, 0.29) is 6.71 Å². The lowest BCUT2D eigenvalue weighted by atomic mass is 9.33. The molecule has 272 valence electrons. The Labute approximate surface area is 336 Å². The molecule has 2 heterocycles. The highest BCUT2D eigenvalue weighted by molar-refractivity contribution is 7.00. The number of rotatable bonds is 6. The summed E-state index contributed by atoms with van der Waals surface area (Å²) in [5.74, 6) is 0.535. The number of hydrogen-bond donors (Lipinski definition) is 0. The number of para-hydroxylation sites is 1. The maximum Gasteiger partial charge on any atom is 0.252 e. The van der Waals surface area contributed by atoms with Gasteiger partial charge < -0.3 is 9.80 Å². The van der Waals surface area contributed by atoms with Gasteiger partial charge in [-0.15, -0.1) is 0 Å². The molecule has 1 fully saturated rings. The third kappa shape index (κ3) is 5.89. The molecule has 3 heteroatoms. The predicted molar refractivity (Wildman–Crippen MR) is 243 cm³/mol. The van der Waals surface area contributed by atoms with Crippen molar-refractivity contribution in [3.63, 3.8) is 0 Å². The fourth-order valence-corrected chi connectivity index (χ4v) is 9.87. The number of fused-ring (bicyclic) bond motifs is 4. The van der Waals surface area contributed by atoms with Gasteiger partial charge in [0, 0.05) is 34.1 Å². The lowest BCUT2D eigenvalue weighted by Gasteiger charge is -2.45. The van der Waals surface area contributed by atoms with Crippen molar-refractivity contribution in [2.45, 2.75) is 38.0 Å². The molecule has 0 aromatic heterocycles. The second-order valence-electron chi connectivity index (χ2n) is 15.9. The fourth-order valence-electron chi connectivity index (χ4n) is 9.87. The zero-order valence-electron chi connectivity index (χ0n) is 32.1. The van der Waals surface area contributed by atoms with Crippen LogP contribution in [-0.2, 0) is 0 Å². The summed E-state index contributed by atoms with van der Waals surface area (Å²) in [5, 5.41) is 0. The minimum absolute atomic E-state index is 0.0647. The molecule has 11 rings (SSSR count). The van der Waals surface area contributed by atoms with Crippen molar-refractivity contribution in [2.24, 2.45) is 0 Å². The van der Waals surface area contributed by atoms with Crippen LogP contribution in [0.4, 0.5) is 34.1 Å². The maximum absolute atomic E-state index is 2.59. The van der Waals surface area contributed by atoms with Crippen LogP contribution in [-0.4, -0.2) is 6.71 Å². The molecule has 0 amide bonds. The molecule has 0 atom stereocenters. The molecular weight excluding hydrogens is 687 g/mol. The molecule has 2 nitrogen and oxygen atoms in total. The van der Waals surface area contributed by atoms with Crippen LogP contribution >= 0.6 is 0 Å². The van der Waals surface area contributed by atoms with Crippen molar-refractivity contribution >= 4 is 57.2 Å². The number of anilines is 6. The summed E-state index contributed by atoms with van der Waals surface area (Å²) in [5.41, 5.74) is 20.4. The van der Waals surface area contributed by atoms with Crippen molar-refractivity contribution in [1.29, 1.82) is 0 Å². The highest BCUT2D eigenvalue weighted by atomic mass is 15.2. The molecule has 0 spiro atoms. The first-order valence-electron chi connectivity index (χ1n) is 20.7. The zero-order valence-corrected chi connectivity index (χ0v) is 32.1. The number of nitrogens with zero attached hydrogens (tertiary/aromatic N) is 2. The van der Waals surface area contributed by atoms with E-state index in [2.05, 4.69) is 204 Å². The SMILES string of the molecule is c1ccc(-c2ccc(N3c4cc(-c5ccccc5)ccc4B4c5ccc(-c6ccccc6)cc5N(c5ccccc5)c5cc(C6CCCCC6)cc3c54)cc2)cc1. The standard InChI is InChI=1S/C54H43BN2/c1-6-16-38(17-7-1)42-26-30-47(31-27-42)57-51-35-44(40-20-10-3-11-21-40)29-33-49(51)55-48-32-28-43(39-18-8-2-9-19-39)34-50(48)56(46-24-14-5-15-25-46)52-36-45(37-53(57)54(52)55)41-22-12-4-13-23-41/h1-3,5-11,14-21,24-37,41H,4,12-13,22-23H2. The monoisotopic (exact) mass is 730 g/mol. The minimum Gasteiger partial charge on any atom is -0.311 e. The van der Waals surface area contributed by atoms with Crippen LogP contribution in [0.2, 0.25) is 0 Å². The summed E-state index contributed by atoms with van der Waals surface area (Å²) in [6, 6.07) is 72.3. The lowest BCUT2D eigenvalue weighted by Crippen LogP contribution is -2.61. The fraction of sp³-hybridized carbons (Fsp3) is 0.111. The average Bonchev–Trinajstić information content (AvgIpc) is 3.30. The van der Waals surface area contributed by atoms with Crippen molar-refractivity contribution in [3.8, 4) is 33.4 Å². The molecule has 1 saturated carbocycles. The summed E-state index contributed by atoms with van der Waals surface area (Å²) >= 11 is 0. The molecule has 1 aliphatic carbocycles. The van der Waals surface area contributed by atoms with Crippen molar-refractivity contribution in [3.05, 3.63) is 200 Å². The molecular formula is C54H43BN2. The van der Waals surface area contributed by atoms with Crippen molar-refractivity contribution in [2.75, 3.05) is 9.80 Å². The summed E-state index contributed by atoms with van der Waals surface area (Å²) < 4.78 is 0. The van der Waals surface area contributed by atoms with Gasteiger partial charge in [-0.2, -0.15) is 0 Å². The van der Waals surface area contributed by atoms with Crippen LogP contribution in [0.3, 0.4) is 0 Å². The van der Waals surface area contributed by atoms with E-state index in [0.717, 1.165) is 0 Å². The van der Waals surface area contributed by atoms with Gasteiger partial charge in [0.2, 0.25) is 0 Å². The van der Waals surface area contributed by atoms with Crippen LogP contribution in [0, 0.1) is 0 Å². The third-order valence-corrected chi connectivity index (χ3v) is 12.6. The van der Waals surface area contributed by atoms with Crippen LogP contribution < -0.4 is 26.2 Å². The van der Waals surface area contributed by atoms with E-state index < -0.39 is 0 Å². The number of hydrogen-bond acceptors (Lipinski definition) is 2. The second kappa shape index (κ2) is 14.2. The van der Waals surface area contributed by atoms with Gasteiger partial charge in [0.25, 0.3) is 6.71 Å². The van der Waals surface area contributed by atoms with Gasteiger partial charge in [0.15, 0.2) is 0 Å². The molecule has 0 bridgehead atoms. The normalized spacial score (nSPS) is 14.5. The molecule has 8 aromatic carbocycles. The van der Waals surface area contributed by atoms with E-state index in [9.17, 15) is 0 Å². The summed E-state index contributed by atoms with van der Waals surface area (Å²) in [7, 11) is 0. The summed E-state index contributed by atoms with van der Waals surface area (Å²) in [6.45, 7) is 0.0647. The smallest absolute Gasteiger partial charge is 0.252 e. The maximum atomic E-state index is 2.59. The Hall–Kier alpha value is -6.58. The summed E-state index contributed by atoms with van der Waals surface area (Å²) in [4.78, 5) is 5.16. The molecule has 8 aromatic rings. The predicted octanol–water partition coefficient (Wildman–Crippen LogP) is 12.8. The van der Waals surface area contributed by atoms with Crippen LogP contribution in [0.25, 0.3) is 33.4 Å². The highest BCUT2D eigenvalue weighted by Gasteiger charge is 2.44. The van der Waals surface area contributed by atoms with Gasteiger partial charge in [-0.25, -0.2) is 0 Å². The van der Waals surface area contributed by atoms with Crippen molar-refractivity contribution in [1.82, 2.24) is 0 Å². The lowest BCUT2D eigenvalue weighted by molar-refractivity contribution is 0.444. The molecule has 57 heavy (non-hydrogen) atoms. The van der Waals surface area contributed by atoms with Crippen molar-refractivity contribution < 1.29 is 0 Å². The van der Waals surface area contributed by atoms with E-state index in [1.165, 1.54) is 122 Å². The average molecular weight is 731 g/mol. The van der Waals surface area contributed by atoms with Crippen LogP contribution in [0.5, 0.6) is 0 Å². The van der Waals surface area contributed by atoms with E-state index in [4.69, 9.17) is 0 Å². The van der Waals surface area contributed by atoms with Gasteiger partial charge in [-0.05, 0) is 123 Å². The Morgan fingerprint density at radius 2 is 0.754 bits per heavy atom. The van der Waals surface area contributed by atoms with Gasteiger partial charge in [0.1, 0.15) is 0 Å². The molecule has 0 N–H and O–H groups in total. The van der Waals surface area contributed by atoms with Gasteiger partial charge >= 0.3 is 0 Å². The first-order valence-corrected chi connectivity index (χ1v) is 20.7. The first kappa shape index (κ1) is 33.7. The largest absolute Gasteiger partial charge is 0.311 e. The zero-order chi connectivity index (χ0) is 37.7. The van der Waals surface area contributed by atoms with E-state index in [0.29, 0.717) is 5.92 Å². The second-order valence-corrected chi connectivity index (χ2v) is 15.9. The Bertz CT molecular complexity index is 2710. The quantitative estimate of drug-likeness (QED) is 0.157. The number of benzene rings is 8. The Morgan fingerprint density at radius 3 is 1.25 bits per heavy atom. The molecule has 0 unspecified atom stereocenters. The van der Waals surface area contributed by atoms with E-state index in [1.807, 2.05) is 0 Å². The Balaban J connectivity index is 1.20.